The van der Waals surface area contributed by atoms with Crippen molar-refractivity contribution in [2.75, 3.05) is 32.8 Å². The molecule has 0 unspecified atom stereocenters. The molecule has 0 spiro atoms. The number of aryl methyl sites for hydroxylation is 1. The smallest absolute Gasteiger partial charge is 0.416 e. The minimum atomic E-state index is -4.61. The van der Waals surface area contributed by atoms with Crippen LogP contribution in [0.2, 0.25) is 5.02 Å². The van der Waals surface area contributed by atoms with E-state index in [0.717, 1.165) is 41.2 Å². The SMILES string of the molecule is CCOC(=O)COC(=O)c1cc(Oc2ccc(C(F)(F)F)cc2Cl)ccc1[N+](=O)[O-].COc1cc(OC)nc(NC(=O)NS(=O)(=O)c2c(C(=O)O)cnn2C)n1. The van der Waals surface area contributed by atoms with Gasteiger partial charge in [0.25, 0.3) is 15.7 Å². The van der Waals surface area contributed by atoms with Crippen molar-refractivity contribution in [3.8, 4) is 23.3 Å². The lowest BCUT2D eigenvalue weighted by molar-refractivity contribution is -0.385. The van der Waals surface area contributed by atoms with Gasteiger partial charge in [0.2, 0.25) is 17.7 Å². The largest absolute Gasteiger partial charge is 0.481 e. The standard InChI is InChI=1S/C18H13ClF3NO7.C12H14N6O7S/c1-2-28-16(24)9-29-17(25)12-8-11(4-5-14(12)23(26)27)30-15-6-3-10(7-13(15)19)18(20,21)22;1-18-9(6(5-13-18)10(19)20)26(22,23)17-12(21)16-11-14-7(24-2)4-8(15-11)25-3/h3-8H,2,9H2,1H3;4-5H,1-3H3,(H,19,20)(H2,14,15,16,17,21). The molecule has 0 fully saturated rings. The van der Waals surface area contributed by atoms with Crippen molar-refractivity contribution in [3.05, 3.63) is 80.5 Å². The molecule has 0 saturated carbocycles. The first-order chi connectivity index (χ1) is 26.2. The highest BCUT2D eigenvalue weighted by molar-refractivity contribution is 7.90. The van der Waals surface area contributed by atoms with Gasteiger partial charge in [0.05, 0.1) is 48.6 Å². The van der Waals surface area contributed by atoms with Gasteiger partial charge in [0.1, 0.15) is 22.6 Å². The Kier molecular flexibility index (Phi) is 14.4. The van der Waals surface area contributed by atoms with Crippen LogP contribution in [-0.2, 0) is 37.5 Å². The number of carboxylic acid groups (broad SMARTS) is 1. The number of carbonyl (C=O) groups is 4. The third kappa shape index (κ3) is 11.6. The second-order valence-electron chi connectivity index (χ2n) is 10.2. The maximum atomic E-state index is 12.7. The topological polar surface area (TPSA) is 280 Å². The van der Waals surface area contributed by atoms with Crippen LogP contribution >= 0.6 is 11.6 Å². The summed E-state index contributed by atoms with van der Waals surface area (Å²) < 4.78 is 89.6. The highest BCUT2D eigenvalue weighted by atomic mass is 35.5. The molecule has 4 rings (SSSR count). The Morgan fingerprint density at radius 3 is 2.18 bits per heavy atom. The molecular weight excluding hydrogens is 807 g/mol. The molecule has 0 aliphatic rings. The highest BCUT2D eigenvalue weighted by Crippen LogP contribution is 2.37. The first-order valence-electron chi connectivity index (χ1n) is 14.9. The fourth-order valence-corrected chi connectivity index (χ4v) is 5.49. The number of methoxy groups -OCH3 is 2. The summed E-state index contributed by atoms with van der Waals surface area (Å²) in [5, 5.41) is 24.8. The molecule has 0 radical (unpaired) electrons. The van der Waals surface area contributed by atoms with Gasteiger partial charge >= 0.3 is 30.1 Å². The van der Waals surface area contributed by atoms with Crippen LogP contribution in [0, 0.1) is 10.1 Å². The van der Waals surface area contributed by atoms with Crippen LogP contribution in [0.4, 0.5) is 29.6 Å². The lowest BCUT2D eigenvalue weighted by Gasteiger charge is -2.12. The minimum Gasteiger partial charge on any atom is -0.481 e. The van der Waals surface area contributed by atoms with Crippen LogP contribution < -0.4 is 24.2 Å². The molecule has 0 bridgehead atoms. The normalized spacial score (nSPS) is 10.9. The van der Waals surface area contributed by atoms with Gasteiger partial charge in [-0.25, -0.2) is 23.9 Å². The van der Waals surface area contributed by atoms with E-state index in [9.17, 15) is 50.9 Å². The number of carbonyl (C=O) groups excluding carboxylic acids is 3. The average Bonchev–Trinajstić information content (AvgIpc) is 3.53. The average molecular weight is 834 g/mol. The predicted octanol–water partition coefficient (Wildman–Crippen LogP) is 4.22. The summed E-state index contributed by atoms with van der Waals surface area (Å²) in [5.41, 5.74) is -2.75. The van der Waals surface area contributed by atoms with Gasteiger partial charge in [0.15, 0.2) is 11.6 Å². The number of carboxylic acids is 1. The predicted molar refractivity (Wildman–Crippen MR) is 181 cm³/mol. The van der Waals surface area contributed by atoms with Gasteiger partial charge in [-0.3, -0.25) is 20.1 Å². The monoisotopic (exact) mass is 833 g/mol. The van der Waals surface area contributed by atoms with Crippen LogP contribution in [0.25, 0.3) is 0 Å². The first kappa shape index (κ1) is 43.6. The third-order valence-corrected chi connectivity index (χ3v) is 8.16. The number of alkyl halides is 3. The molecule has 2 heterocycles. The maximum Gasteiger partial charge on any atom is 0.416 e. The van der Waals surface area contributed by atoms with Crippen molar-refractivity contribution in [3.63, 3.8) is 0 Å². The van der Waals surface area contributed by atoms with Gasteiger partial charge in [-0.1, -0.05) is 11.6 Å². The fourth-order valence-electron chi connectivity index (χ4n) is 4.05. The number of ether oxygens (including phenoxy) is 5. The second kappa shape index (κ2) is 18.5. The number of aromatic nitrogens is 4. The molecule has 26 heteroatoms. The van der Waals surface area contributed by atoms with Gasteiger partial charge in [-0.2, -0.15) is 36.7 Å². The second-order valence-corrected chi connectivity index (χ2v) is 12.2. The van der Waals surface area contributed by atoms with E-state index in [4.69, 9.17) is 35.7 Å². The molecule has 300 valence electrons. The van der Waals surface area contributed by atoms with E-state index in [0.29, 0.717) is 6.07 Å². The van der Waals surface area contributed by atoms with Crippen molar-refractivity contribution in [1.82, 2.24) is 24.5 Å². The fraction of sp³-hybridized carbons (Fsp3) is 0.233. The number of aromatic carboxylic acids is 1. The lowest BCUT2D eigenvalue weighted by Crippen LogP contribution is -2.36. The number of nitrogens with zero attached hydrogens (tertiary/aromatic N) is 5. The molecule has 0 aliphatic carbocycles. The first-order valence-corrected chi connectivity index (χ1v) is 16.8. The number of esters is 2. The molecule has 21 nitrogen and oxygen atoms in total. The van der Waals surface area contributed by atoms with Crippen molar-refractivity contribution < 1.29 is 74.5 Å². The van der Waals surface area contributed by atoms with E-state index >= 15 is 0 Å². The molecule has 4 aromatic rings. The summed E-state index contributed by atoms with van der Waals surface area (Å²) in [7, 11) is -0.667. The van der Waals surface area contributed by atoms with Crippen molar-refractivity contribution >= 4 is 57.2 Å². The van der Waals surface area contributed by atoms with Crippen LogP contribution in [-0.4, -0.2) is 89.6 Å². The van der Waals surface area contributed by atoms with Crippen molar-refractivity contribution in [2.45, 2.75) is 18.1 Å². The summed E-state index contributed by atoms with van der Waals surface area (Å²) in [5.74, 6) is -4.03. The molecule has 0 atom stereocenters. The molecule has 2 amide bonds. The summed E-state index contributed by atoms with van der Waals surface area (Å²) >= 11 is 5.81. The number of amides is 2. The van der Waals surface area contributed by atoms with Gasteiger partial charge < -0.3 is 28.8 Å². The van der Waals surface area contributed by atoms with E-state index in [-0.39, 0.29) is 40.8 Å². The Labute approximate surface area is 317 Å². The summed E-state index contributed by atoms with van der Waals surface area (Å²) in [4.78, 5) is 64.5. The summed E-state index contributed by atoms with van der Waals surface area (Å²) in [6.07, 6.45) is -3.75. The Morgan fingerprint density at radius 1 is 1.00 bits per heavy atom. The third-order valence-electron chi connectivity index (χ3n) is 6.42. The number of nitro groups is 1. The van der Waals surface area contributed by atoms with E-state index < -0.39 is 79.1 Å². The Balaban J connectivity index is 0.000000303. The number of halogens is 4. The molecule has 56 heavy (non-hydrogen) atoms. The van der Waals surface area contributed by atoms with Crippen LogP contribution in [0.5, 0.6) is 23.3 Å². The number of hydrogen-bond acceptors (Lipinski definition) is 16. The maximum absolute atomic E-state index is 12.7. The number of benzene rings is 2. The molecule has 0 aliphatic heterocycles. The molecular formula is C30H27ClF3N7O14S. The molecule has 0 saturated heterocycles. The molecule has 3 N–H and O–H groups in total. The van der Waals surface area contributed by atoms with E-state index in [1.165, 1.54) is 34.3 Å². The molecule has 2 aromatic carbocycles. The number of hydrogen-bond donors (Lipinski definition) is 3. The Morgan fingerprint density at radius 2 is 1.64 bits per heavy atom. The number of urea groups is 1. The van der Waals surface area contributed by atoms with Crippen LogP contribution in [0.1, 0.15) is 33.2 Å². The van der Waals surface area contributed by atoms with Gasteiger partial charge in [-0.05, 0) is 31.2 Å². The van der Waals surface area contributed by atoms with Crippen molar-refractivity contribution in [1.29, 1.82) is 0 Å². The minimum absolute atomic E-state index is 0.0493. The van der Waals surface area contributed by atoms with Crippen molar-refractivity contribution in [2.24, 2.45) is 7.05 Å². The highest BCUT2D eigenvalue weighted by Gasteiger charge is 2.32. The number of anilines is 1. The van der Waals surface area contributed by atoms with Gasteiger partial charge in [-0.15, -0.1) is 0 Å². The number of rotatable bonds is 13. The Bertz CT molecular complexity index is 2230. The molecule has 2 aromatic heterocycles. The van der Waals surface area contributed by atoms with Crippen LogP contribution in [0.3, 0.4) is 0 Å². The van der Waals surface area contributed by atoms with E-state index in [1.54, 1.807) is 4.72 Å². The van der Waals surface area contributed by atoms with Gasteiger partial charge in [0, 0.05) is 19.2 Å². The van der Waals surface area contributed by atoms with Crippen LogP contribution in [0.15, 0.2) is 53.7 Å². The summed E-state index contributed by atoms with van der Waals surface area (Å²) in [6, 6.07) is 5.47. The zero-order valence-electron chi connectivity index (χ0n) is 28.9. The summed E-state index contributed by atoms with van der Waals surface area (Å²) in [6.45, 7) is 0.825. The van der Waals surface area contributed by atoms with E-state index in [2.05, 4.69) is 25.1 Å². The Hall–Kier alpha value is -6.76. The quantitative estimate of drug-likeness (QED) is 0.0966. The number of nitrogens with one attached hydrogen (secondary N) is 2. The lowest BCUT2D eigenvalue weighted by atomic mass is 10.1. The number of nitro benzene ring substituents is 1. The zero-order valence-corrected chi connectivity index (χ0v) is 30.5. The van der Waals surface area contributed by atoms with E-state index in [1.807, 2.05) is 0 Å². The number of sulfonamides is 1. The zero-order chi connectivity index (χ0) is 42.0.